The Morgan fingerprint density at radius 2 is 1.59 bits per heavy atom. The van der Waals surface area contributed by atoms with Crippen LogP contribution in [0.3, 0.4) is 0 Å². The molecule has 0 spiro atoms. The molecule has 2 atom stereocenters. The number of ether oxygens (including phenoxy) is 2. The summed E-state index contributed by atoms with van der Waals surface area (Å²) in [6.07, 6.45) is 0.986. The number of hydrogen-bond donors (Lipinski definition) is 1. The van der Waals surface area contributed by atoms with E-state index >= 15 is 0 Å². The molecule has 8 nitrogen and oxygen atoms in total. The molecule has 0 bridgehead atoms. The van der Waals surface area contributed by atoms with Gasteiger partial charge in [-0.05, 0) is 49.4 Å². The van der Waals surface area contributed by atoms with E-state index in [0.29, 0.717) is 18.0 Å². The van der Waals surface area contributed by atoms with Gasteiger partial charge in [-0.25, -0.2) is 14.6 Å². The lowest BCUT2D eigenvalue weighted by Crippen LogP contribution is -2.41. The van der Waals surface area contributed by atoms with Crippen LogP contribution in [0.4, 0.5) is 9.59 Å². The number of fused-ring (bicyclic) bond motifs is 3. The lowest BCUT2D eigenvalue weighted by molar-refractivity contribution is 0.0200. The summed E-state index contributed by atoms with van der Waals surface area (Å²) in [5.74, 6) is 0.359. The van der Waals surface area contributed by atoms with E-state index in [2.05, 4.69) is 34.6 Å². The van der Waals surface area contributed by atoms with Gasteiger partial charge in [-0.3, -0.25) is 4.90 Å². The van der Waals surface area contributed by atoms with Crippen molar-refractivity contribution in [2.24, 2.45) is 0 Å². The van der Waals surface area contributed by atoms with Crippen molar-refractivity contribution in [3.63, 3.8) is 0 Å². The molecule has 1 fully saturated rings. The van der Waals surface area contributed by atoms with Crippen LogP contribution in [0.25, 0.3) is 22.4 Å². The molecule has 2 amide bonds. The van der Waals surface area contributed by atoms with Gasteiger partial charge >= 0.3 is 12.2 Å². The number of rotatable bonds is 5. The van der Waals surface area contributed by atoms with Gasteiger partial charge < -0.3 is 19.2 Å². The zero-order valence-electron chi connectivity index (χ0n) is 23.4. The molecule has 0 saturated carbocycles. The molecule has 210 valence electrons. The first-order valence-electron chi connectivity index (χ1n) is 13.9. The minimum atomic E-state index is -0.675. The summed E-state index contributed by atoms with van der Waals surface area (Å²) in [6, 6.07) is 25.3. The Morgan fingerprint density at radius 3 is 2.24 bits per heavy atom. The number of carbonyl (C=O) groups excluding carboxylic acids is 2. The van der Waals surface area contributed by atoms with Crippen LogP contribution in [-0.4, -0.2) is 46.9 Å². The zero-order chi connectivity index (χ0) is 28.6. The Bertz CT molecular complexity index is 1510. The highest BCUT2D eigenvalue weighted by molar-refractivity contribution is 5.79. The van der Waals surface area contributed by atoms with Crippen molar-refractivity contribution >= 4 is 12.2 Å². The third-order valence-corrected chi connectivity index (χ3v) is 7.47. The van der Waals surface area contributed by atoms with Gasteiger partial charge in [-0.2, -0.15) is 0 Å². The van der Waals surface area contributed by atoms with Crippen LogP contribution >= 0.6 is 0 Å². The van der Waals surface area contributed by atoms with Crippen molar-refractivity contribution in [3.05, 3.63) is 102 Å². The quantitative estimate of drug-likeness (QED) is 0.289. The van der Waals surface area contributed by atoms with Crippen LogP contribution < -0.4 is 5.32 Å². The highest BCUT2D eigenvalue weighted by Gasteiger charge is 2.42. The van der Waals surface area contributed by atoms with Gasteiger partial charge in [-0.15, -0.1) is 0 Å². The van der Waals surface area contributed by atoms with Crippen molar-refractivity contribution in [2.45, 2.75) is 50.8 Å². The molecule has 0 radical (unpaired) electrons. The van der Waals surface area contributed by atoms with Gasteiger partial charge in [0.2, 0.25) is 5.89 Å². The lowest BCUT2D eigenvalue weighted by Gasteiger charge is -2.27. The summed E-state index contributed by atoms with van der Waals surface area (Å²) in [7, 11) is 0. The highest BCUT2D eigenvalue weighted by atomic mass is 16.6. The van der Waals surface area contributed by atoms with Gasteiger partial charge in [0, 0.05) is 18.0 Å². The molecule has 1 aromatic heterocycles. The zero-order valence-corrected chi connectivity index (χ0v) is 23.4. The number of amides is 2. The van der Waals surface area contributed by atoms with E-state index in [0.717, 1.165) is 16.7 Å². The standard InChI is InChI=1S/C33H33N3O5/c1-33(2,3)41-32(38)36-18-22(17-29(36)30-35-28(20-39-30)21-11-5-4-6-12-21)34-31(37)40-19-27-25-15-9-7-13-23(25)24-14-8-10-16-26(24)27/h4-16,20,22,27,29H,17-19H2,1-3H3,(H,34,37)/t22-,29-/m0/s1. The number of likely N-dealkylation sites (tertiary alicyclic amines) is 1. The predicted octanol–water partition coefficient (Wildman–Crippen LogP) is 6.93. The van der Waals surface area contributed by atoms with E-state index in [9.17, 15) is 9.59 Å². The van der Waals surface area contributed by atoms with E-state index in [-0.39, 0.29) is 25.1 Å². The van der Waals surface area contributed by atoms with Crippen LogP contribution in [0, 0.1) is 0 Å². The van der Waals surface area contributed by atoms with Gasteiger partial charge in [-0.1, -0.05) is 78.9 Å². The number of nitrogens with zero attached hydrogens (tertiary/aromatic N) is 2. The second-order valence-electron chi connectivity index (χ2n) is 11.5. The maximum Gasteiger partial charge on any atom is 0.411 e. The molecular weight excluding hydrogens is 518 g/mol. The summed E-state index contributed by atoms with van der Waals surface area (Å²) >= 11 is 0. The van der Waals surface area contributed by atoms with Crippen molar-refractivity contribution < 1.29 is 23.5 Å². The highest BCUT2D eigenvalue weighted by Crippen LogP contribution is 2.44. The summed E-state index contributed by atoms with van der Waals surface area (Å²) in [5.41, 5.74) is 5.56. The maximum absolute atomic E-state index is 13.2. The summed E-state index contributed by atoms with van der Waals surface area (Å²) in [6.45, 7) is 5.92. The molecule has 2 aliphatic rings. The SMILES string of the molecule is CC(C)(C)OC(=O)N1C[C@@H](NC(=O)OCC2c3ccccc3-c3ccccc32)C[C@H]1c1nc(-c2ccccc2)co1. The lowest BCUT2D eigenvalue weighted by atomic mass is 9.98. The van der Waals surface area contributed by atoms with Crippen LogP contribution in [0.2, 0.25) is 0 Å². The number of carbonyl (C=O) groups is 2. The van der Waals surface area contributed by atoms with Crippen molar-refractivity contribution in [2.75, 3.05) is 13.2 Å². The molecule has 3 aromatic carbocycles. The van der Waals surface area contributed by atoms with Crippen LogP contribution in [-0.2, 0) is 9.47 Å². The van der Waals surface area contributed by atoms with Crippen molar-refractivity contribution in [1.29, 1.82) is 0 Å². The van der Waals surface area contributed by atoms with Crippen LogP contribution in [0.1, 0.15) is 56.2 Å². The minimum absolute atomic E-state index is 0.0357. The number of alkyl carbamates (subject to hydrolysis) is 1. The number of oxazole rings is 1. The Balaban J connectivity index is 1.15. The van der Waals surface area contributed by atoms with E-state index < -0.39 is 23.8 Å². The molecule has 1 aliphatic carbocycles. The molecule has 4 aromatic rings. The Morgan fingerprint density at radius 1 is 0.951 bits per heavy atom. The number of benzene rings is 3. The fraction of sp³-hybridized carbons (Fsp3) is 0.303. The maximum atomic E-state index is 13.2. The fourth-order valence-electron chi connectivity index (χ4n) is 5.69. The molecule has 2 heterocycles. The second kappa shape index (κ2) is 10.8. The molecule has 1 saturated heterocycles. The first-order chi connectivity index (χ1) is 19.8. The second-order valence-corrected chi connectivity index (χ2v) is 11.5. The molecule has 0 unspecified atom stereocenters. The van der Waals surface area contributed by atoms with Gasteiger partial charge in [0.05, 0.1) is 6.04 Å². The monoisotopic (exact) mass is 551 g/mol. The first-order valence-corrected chi connectivity index (χ1v) is 13.9. The van der Waals surface area contributed by atoms with Crippen molar-refractivity contribution in [3.8, 4) is 22.4 Å². The Kier molecular flexibility index (Phi) is 6.99. The van der Waals surface area contributed by atoms with Gasteiger partial charge in [0.15, 0.2) is 0 Å². The van der Waals surface area contributed by atoms with E-state index in [1.165, 1.54) is 11.1 Å². The number of hydrogen-bond acceptors (Lipinski definition) is 6. The van der Waals surface area contributed by atoms with E-state index in [4.69, 9.17) is 13.9 Å². The average Bonchev–Trinajstić information content (AvgIpc) is 3.68. The average molecular weight is 552 g/mol. The fourth-order valence-corrected chi connectivity index (χ4v) is 5.69. The number of aromatic nitrogens is 1. The Hall–Kier alpha value is -4.59. The van der Waals surface area contributed by atoms with Crippen molar-refractivity contribution in [1.82, 2.24) is 15.2 Å². The van der Waals surface area contributed by atoms with Gasteiger partial charge in [0.25, 0.3) is 0 Å². The molecular formula is C33H33N3O5. The molecule has 41 heavy (non-hydrogen) atoms. The van der Waals surface area contributed by atoms with Crippen LogP contribution in [0.5, 0.6) is 0 Å². The van der Waals surface area contributed by atoms with E-state index in [1.54, 1.807) is 11.2 Å². The summed E-state index contributed by atoms with van der Waals surface area (Å²) in [5, 5.41) is 2.96. The Labute approximate surface area is 239 Å². The van der Waals surface area contributed by atoms with Gasteiger partial charge in [0.1, 0.15) is 30.2 Å². The normalized spacial score (nSPS) is 18.1. The molecule has 6 rings (SSSR count). The predicted molar refractivity (Wildman–Crippen MR) is 154 cm³/mol. The number of nitrogens with one attached hydrogen (secondary N) is 1. The van der Waals surface area contributed by atoms with Crippen LogP contribution in [0.15, 0.2) is 89.5 Å². The topological polar surface area (TPSA) is 93.9 Å². The summed E-state index contributed by atoms with van der Waals surface area (Å²) in [4.78, 5) is 32.4. The summed E-state index contributed by atoms with van der Waals surface area (Å²) < 4.78 is 17.3. The first kappa shape index (κ1) is 26.6. The molecule has 1 aliphatic heterocycles. The third-order valence-electron chi connectivity index (χ3n) is 7.47. The molecule has 1 N–H and O–H groups in total. The minimum Gasteiger partial charge on any atom is -0.449 e. The smallest absolute Gasteiger partial charge is 0.411 e. The van der Waals surface area contributed by atoms with E-state index in [1.807, 2.05) is 75.4 Å². The third kappa shape index (κ3) is 5.55. The largest absolute Gasteiger partial charge is 0.449 e. The molecule has 8 heteroatoms.